The van der Waals surface area contributed by atoms with Gasteiger partial charge in [-0.15, -0.1) is 0 Å². The lowest BCUT2D eigenvalue weighted by molar-refractivity contribution is 0.369. The molecular formula is C20H21N3O3S. The Bertz CT molecular complexity index is 1030. The zero-order valence-electron chi connectivity index (χ0n) is 15.1. The van der Waals surface area contributed by atoms with Crippen molar-refractivity contribution in [3.63, 3.8) is 0 Å². The van der Waals surface area contributed by atoms with Crippen molar-refractivity contribution in [3.8, 4) is 11.5 Å². The first-order valence-corrected chi connectivity index (χ1v) is 10.5. The van der Waals surface area contributed by atoms with E-state index in [2.05, 4.69) is 10.1 Å². The Morgan fingerprint density at radius 2 is 1.85 bits per heavy atom. The van der Waals surface area contributed by atoms with Crippen LogP contribution in [0.3, 0.4) is 0 Å². The number of nitrogens with zero attached hydrogens (tertiary/aromatic N) is 3. The molecule has 6 nitrogen and oxygen atoms in total. The molecule has 3 aromatic rings. The van der Waals surface area contributed by atoms with Crippen molar-refractivity contribution in [1.29, 1.82) is 0 Å². The Hall–Kier alpha value is -2.51. The van der Waals surface area contributed by atoms with Crippen LogP contribution in [-0.4, -0.2) is 35.5 Å². The molecule has 0 radical (unpaired) electrons. The Labute approximate surface area is 158 Å². The van der Waals surface area contributed by atoms with E-state index in [1.165, 1.54) is 0 Å². The van der Waals surface area contributed by atoms with E-state index in [-0.39, 0.29) is 6.04 Å². The van der Waals surface area contributed by atoms with Crippen LogP contribution in [0.25, 0.3) is 11.5 Å². The number of hydrogen-bond donors (Lipinski definition) is 0. The summed E-state index contributed by atoms with van der Waals surface area (Å²) in [6, 6.07) is 16.5. The summed E-state index contributed by atoms with van der Waals surface area (Å²) >= 11 is 0. The molecule has 27 heavy (non-hydrogen) atoms. The molecule has 1 aliphatic heterocycles. The normalized spacial score (nSPS) is 18.0. The van der Waals surface area contributed by atoms with Gasteiger partial charge in [0.1, 0.15) is 0 Å². The van der Waals surface area contributed by atoms with E-state index < -0.39 is 10.0 Å². The molecule has 140 valence electrons. The van der Waals surface area contributed by atoms with Crippen LogP contribution in [0.2, 0.25) is 0 Å². The van der Waals surface area contributed by atoms with Crippen molar-refractivity contribution in [2.24, 2.45) is 0 Å². The van der Waals surface area contributed by atoms with E-state index in [4.69, 9.17) is 4.52 Å². The van der Waals surface area contributed by atoms with E-state index in [1.54, 1.807) is 16.4 Å². The standard InChI is InChI=1S/C20H21N3O3S/c1-15-8-5-6-12-18(15)27(24,25)23-13-7-11-17(23)14-19-21-20(26-22-19)16-9-3-2-4-10-16/h2-6,8-10,12,17H,7,11,13-14H2,1H3. The molecule has 1 atom stereocenters. The highest BCUT2D eigenvalue weighted by Crippen LogP contribution is 2.29. The zero-order chi connectivity index (χ0) is 18.9. The van der Waals surface area contributed by atoms with Crippen molar-refractivity contribution >= 4 is 10.0 Å². The van der Waals surface area contributed by atoms with Crippen LogP contribution in [0, 0.1) is 6.92 Å². The van der Waals surface area contributed by atoms with Crippen LogP contribution < -0.4 is 0 Å². The van der Waals surface area contributed by atoms with Crippen molar-refractivity contribution in [1.82, 2.24) is 14.4 Å². The minimum atomic E-state index is -3.54. The van der Waals surface area contributed by atoms with Gasteiger partial charge in [0.25, 0.3) is 5.89 Å². The largest absolute Gasteiger partial charge is 0.334 e. The molecule has 1 saturated heterocycles. The van der Waals surface area contributed by atoms with Gasteiger partial charge in [0, 0.05) is 24.6 Å². The SMILES string of the molecule is Cc1ccccc1S(=O)(=O)N1CCCC1Cc1noc(-c2ccccc2)n1. The number of rotatable bonds is 5. The summed E-state index contributed by atoms with van der Waals surface area (Å²) in [6.45, 7) is 2.34. The predicted octanol–water partition coefficient (Wildman–Crippen LogP) is 3.44. The van der Waals surface area contributed by atoms with Crippen molar-refractivity contribution in [2.45, 2.75) is 37.1 Å². The lowest BCUT2D eigenvalue weighted by Gasteiger charge is -2.24. The molecule has 0 bridgehead atoms. The molecule has 1 aliphatic rings. The first kappa shape index (κ1) is 17.9. The Kier molecular flexibility index (Phi) is 4.80. The molecule has 0 N–H and O–H groups in total. The topological polar surface area (TPSA) is 76.3 Å². The molecule has 7 heteroatoms. The van der Waals surface area contributed by atoms with E-state index in [1.807, 2.05) is 49.4 Å². The Morgan fingerprint density at radius 1 is 1.11 bits per heavy atom. The van der Waals surface area contributed by atoms with Crippen molar-refractivity contribution in [3.05, 3.63) is 66.0 Å². The molecule has 2 aromatic carbocycles. The van der Waals surface area contributed by atoms with Crippen molar-refractivity contribution in [2.75, 3.05) is 6.54 Å². The van der Waals surface area contributed by atoms with Gasteiger partial charge in [0.15, 0.2) is 5.82 Å². The molecule has 1 unspecified atom stereocenters. The van der Waals surface area contributed by atoms with Crippen LogP contribution in [-0.2, 0) is 16.4 Å². The van der Waals surface area contributed by atoms with E-state index in [0.717, 1.165) is 24.0 Å². The summed E-state index contributed by atoms with van der Waals surface area (Å²) in [6.07, 6.45) is 2.07. The second-order valence-corrected chi connectivity index (χ2v) is 8.62. The minimum absolute atomic E-state index is 0.157. The van der Waals surface area contributed by atoms with E-state index in [9.17, 15) is 8.42 Å². The maximum atomic E-state index is 13.1. The summed E-state index contributed by atoms with van der Waals surface area (Å²) < 4.78 is 33.2. The molecule has 4 rings (SSSR count). The maximum Gasteiger partial charge on any atom is 0.257 e. The van der Waals surface area contributed by atoms with Gasteiger partial charge in [-0.05, 0) is 43.5 Å². The van der Waals surface area contributed by atoms with Gasteiger partial charge in [0.05, 0.1) is 4.90 Å². The second-order valence-electron chi connectivity index (χ2n) is 6.76. The quantitative estimate of drug-likeness (QED) is 0.674. The molecule has 0 saturated carbocycles. The fourth-order valence-corrected chi connectivity index (χ4v) is 5.47. The molecule has 0 amide bonds. The lowest BCUT2D eigenvalue weighted by atomic mass is 10.1. The van der Waals surface area contributed by atoms with Gasteiger partial charge in [-0.2, -0.15) is 9.29 Å². The fourth-order valence-electron chi connectivity index (χ4n) is 3.55. The summed E-state index contributed by atoms with van der Waals surface area (Å²) in [4.78, 5) is 4.82. The number of hydrogen-bond acceptors (Lipinski definition) is 5. The monoisotopic (exact) mass is 383 g/mol. The van der Waals surface area contributed by atoms with Gasteiger partial charge >= 0.3 is 0 Å². The average Bonchev–Trinajstić information content (AvgIpc) is 3.33. The molecule has 2 heterocycles. The van der Waals surface area contributed by atoms with Crippen LogP contribution >= 0.6 is 0 Å². The van der Waals surface area contributed by atoms with Gasteiger partial charge < -0.3 is 4.52 Å². The second kappa shape index (κ2) is 7.25. The van der Waals surface area contributed by atoms with E-state index in [0.29, 0.717) is 29.6 Å². The highest BCUT2D eigenvalue weighted by Gasteiger charge is 2.36. The summed E-state index contributed by atoms with van der Waals surface area (Å²) in [5.74, 6) is 0.989. The zero-order valence-corrected chi connectivity index (χ0v) is 15.9. The number of aromatic nitrogens is 2. The van der Waals surface area contributed by atoms with Crippen molar-refractivity contribution < 1.29 is 12.9 Å². The van der Waals surface area contributed by atoms with Crippen LogP contribution in [0.5, 0.6) is 0 Å². The lowest BCUT2D eigenvalue weighted by Crippen LogP contribution is -2.37. The highest BCUT2D eigenvalue weighted by molar-refractivity contribution is 7.89. The van der Waals surface area contributed by atoms with Gasteiger partial charge in [-0.1, -0.05) is 41.6 Å². The molecule has 1 aromatic heterocycles. The highest BCUT2D eigenvalue weighted by atomic mass is 32.2. The first-order valence-electron chi connectivity index (χ1n) is 9.01. The molecular weight excluding hydrogens is 362 g/mol. The smallest absolute Gasteiger partial charge is 0.257 e. The first-order chi connectivity index (χ1) is 13.1. The summed E-state index contributed by atoms with van der Waals surface area (Å²) in [5, 5.41) is 4.06. The molecule has 0 aliphatic carbocycles. The number of aryl methyl sites for hydroxylation is 1. The maximum absolute atomic E-state index is 13.1. The molecule has 0 spiro atoms. The number of benzene rings is 2. The van der Waals surface area contributed by atoms with Crippen LogP contribution in [0.4, 0.5) is 0 Å². The Balaban J connectivity index is 1.56. The van der Waals surface area contributed by atoms with E-state index >= 15 is 0 Å². The predicted molar refractivity (Wildman–Crippen MR) is 102 cm³/mol. The third kappa shape index (κ3) is 3.52. The minimum Gasteiger partial charge on any atom is -0.334 e. The van der Waals surface area contributed by atoms with Crippen LogP contribution in [0.15, 0.2) is 64.0 Å². The van der Waals surface area contributed by atoms with Gasteiger partial charge in [-0.3, -0.25) is 0 Å². The average molecular weight is 383 g/mol. The molecule has 1 fully saturated rings. The summed E-state index contributed by atoms with van der Waals surface area (Å²) in [5.41, 5.74) is 1.61. The third-order valence-corrected chi connectivity index (χ3v) is 7.02. The Morgan fingerprint density at radius 3 is 2.63 bits per heavy atom. The van der Waals surface area contributed by atoms with Gasteiger partial charge in [-0.25, -0.2) is 8.42 Å². The summed E-state index contributed by atoms with van der Waals surface area (Å²) in [7, 11) is -3.54. The van der Waals surface area contributed by atoms with Crippen LogP contribution in [0.1, 0.15) is 24.2 Å². The third-order valence-electron chi connectivity index (χ3n) is 4.91. The fraction of sp³-hybridized carbons (Fsp3) is 0.300. The number of sulfonamides is 1. The van der Waals surface area contributed by atoms with Gasteiger partial charge in [0.2, 0.25) is 10.0 Å².